The minimum atomic E-state index is -0.221. The number of carbonyl (C=O) groups is 1. The Bertz CT molecular complexity index is 988. The lowest BCUT2D eigenvalue weighted by atomic mass is 10.0. The maximum absolute atomic E-state index is 12.0. The molecule has 53 heavy (non-hydrogen) atoms. The zero-order valence-corrected chi connectivity index (χ0v) is 34.1. The van der Waals surface area contributed by atoms with Crippen molar-refractivity contribution < 1.29 is 47.4 Å². The highest BCUT2D eigenvalue weighted by Crippen LogP contribution is 2.36. The first-order chi connectivity index (χ1) is 26.0. The molecule has 0 saturated carbocycles. The second-order valence-electron chi connectivity index (χ2n) is 15.3. The van der Waals surface area contributed by atoms with Gasteiger partial charge in [-0.3, -0.25) is 0 Å². The van der Waals surface area contributed by atoms with Gasteiger partial charge in [0.05, 0.1) is 42.7 Å². The third kappa shape index (κ3) is 18.9. The lowest BCUT2D eigenvalue weighted by molar-refractivity contribution is -0.157. The van der Waals surface area contributed by atoms with E-state index in [0.717, 1.165) is 82.6 Å². The predicted octanol–water partition coefficient (Wildman–Crippen LogP) is 9.52. The minimum absolute atomic E-state index is 0.0000977. The summed E-state index contributed by atoms with van der Waals surface area (Å²) in [5.74, 6) is -0.221. The van der Waals surface area contributed by atoms with Crippen LogP contribution in [0.4, 0.5) is 0 Å². The highest BCUT2D eigenvalue weighted by atomic mass is 16.7. The first-order valence-electron chi connectivity index (χ1n) is 21.2. The number of esters is 1. The van der Waals surface area contributed by atoms with Crippen LogP contribution in [-0.4, -0.2) is 96.5 Å². The lowest BCUT2D eigenvalue weighted by Crippen LogP contribution is -2.35. The maximum Gasteiger partial charge on any atom is 0.334 e. The van der Waals surface area contributed by atoms with Crippen LogP contribution in [0.1, 0.15) is 155 Å². The number of allylic oxidation sites excluding steroid dienone is 2. The number of methoxy groups -OCH3 is 3. The Balaban J connectivity index is 1.31. The molecule has 2 saturated heterocycles. The van der Waals surface area contributed by atoms with Crippen molar-refractivity contribution >= 4 is 5.97 Å². The van der Waals surface area contributed by atoms with Crippen LogP contribution < -0.4 is 0 Å². The molecule has 0 amide bonds. The second-order valence-corrected chi connectivity index (χ2v) is 15.3. The summed E-state index contributed by atoms with van der Waals surface area (Å²) in [6.07, 6.45) is 31.2. The van der Waals surface area contributed by atoms with Gasteiger partial charge < -0.3 is 42.6 Å². The number of hydrogen-bond acceptors (Lipinski definition) is 10. The number of carbonyl (C=O) groups excluding carboxylic acids is 1. The van der Waals surface area contributed by atoms with Crippen LogP contribution in [0.3, 0.4) is 0 Å². The van der Waals surface area contributed by atoms with Crippen LogP contribution in [0.2, 0.25) is 0 Å². The predicted molar refractivity (Wildman–Crippen MR) is 208 cm³/mol. The lowest BCUT2D eigenvalue weighted by Gasteiger charge is -2.27. The van der Waals surface area contributed by atoms with Crippen LogP contribution in [-0.2, 0) is 47.4 Å². The number of rotatable bonds is 33. The van der Waals surface area contributed by atoms with Gasteiger partial charge in [0.15, 0.2) is 0 Å². The molecule has 8 atom stereocenters. The molecule has 0 unspecified atom stereocenters. The Morgan fingerprint density at radius 3 is 1.77 bits per heavy atom. The van der Waals surface area contributed by atoms with Crippen molar-refractivity contribution in [3.05, 3.63) is 23.8 Å². The van der Waals surface area contributed by atoms with Gasteiger partial charge in [-0.15, -0.1) is 0 Å². The smallest absolute Gasteiger partial charge is 0.334 e. The van der Waals surface area contributed by atoms with E-state index in [4.69, 9.17) is 42.6 Å². The van der Waals surface area contributed by atoms with Gasteiger partial charge in [0.1, 0.15) is 26.5 Å². The highest BCUT2D eigenvalue weighted by Gasteiger charge is 2.41. The van der Waals surface area contributed by atoms with Gasteiger partial charge in [0, 0.05) is 33.3 Å². The van der Waals surface area contributed by atoms with Gasteiger partial charge in [-0.05, 0) is 77.2 Å². The van der Waals surface area contributed by atoms with E-state index in [1.165, 1.54) is 57.8 Å². The molecule has 0 radical (unpaired) electrons. The highest BCUT2D eigenvalue weighted by molar-refractivity contribution is 5.90. The minimum Gasteiger partial charge on any atom is -0.455 e. The SMILES string of the molecule is CCCCCCCCCC[C@H](OCOC)[C@H]1CC[C@H]([C@H]2CC[C@H]([C@@H](CC/C=C/CCCCCC[C@H](CC3=C[C@H](C)OC3=O)OCOC)OCOC)O2)O1. The van der Waals surface area contributed by atoms with E-state index in [1.54, 1.807) is 21.3 Å². The van der Waals surface area contributed by atoms with Crippen molar-refractivity contribution in [2.24, 2.45) is 0 Å². The molecular weight excluding hydrogens is 676 g/mol. The van der Waals surface area contributed by atoms with Crippen molar-refractivity contribution in [3.63, 3.8) is 0 Å². The summed E-state index contributed by atoms with van der Waals surface area (Å²) in [5, 5.41) is 0. The van der Waals surface area contributed by atoms with Gasteiger partial charge in [-0.1, -0.05) is 89.7 Å². The first-order valence-corrected chi connectivity index (χ1v) is 21.2. The standard InChI is InChI=1S/C43H76O10/c1-6-7-8-9-10-14-17-20-23-37(49-32-46-4)39-25-27-41(52-39)42-28-26-40(53-42)38(50-33-47-5)24-21-18-15-12-11-13-16-19-22-36(48-31-45-3)30-35-29-34(2)51-43(35)44/h15,18,29,34,36-42H,6-14,16-17,19-28,30-33H2,1-5H3/b18-15+/t34-,36+,37-,38+,39+,40+,41+,42+/m0/s1. The van der Waals surface area contributed by atoms with Gasteiger partial charge >= 0.3 is 5.97 Å². The van der Waals surface area contributed by atoms with Crippen molar-refractivity contribution in [2.75, 3.05) is 41.7 Å². The number of unbranched alkanes of at least 4 members (excludes halogenated alkanes) is 11. The number of cyclic esters (lactones) is 1. The summed E-state index contributed by atoms with van der Waals surface area (Å²) in [5.41, 5.74) is 0.719. The third-order valence-corrected chi connectivity index (χ3v) is 10.8. The molecule has 0 N–H and O–H groups in total. The molecule has 0 bridgehead atoms. The Kier molecular flexibility index (Phi) is 25.1. The average molecular weight is 753 g/mol. The summed E-state index contributed by atoms with van der Waals surface area (Å²) < 4.78 is 52.3. The number of hydrogen-bond donors (Lipinski definition) is 0. The number of ether oxygens (including phenoxy) is 9. The van der Waals surface area contributed by atoms with Crippen molar-refractivity contribution in [3.8, 4) is 0 Å². The fourth-order valence-electron chi connectivity index (χ4n) is 7.93. The van der Waals surface area contributed by atoms with E-state index < -0.39 is 0 Å². The van der Waals surface area contributed by atoms with Gasteiger partial charge in [-0.2, -0.15) is 0 Å². The van der Waals surface area contributed by atoms with E-state index >= 15 is 0 Å². The topological polar surface area (TPSA) is 100 Å². The quantitative estimate of drug-likeness (QED) is 0.0279. The van der Waals surface area contributed by atoms with Gasteiger partial charge in [0.25, 0.3) is 0 Å². The van der Waals surface area contributed by atoms with E-state index in [2.05, 4.69) is 19.1 Å². The molecule has 3 rings (SSSR count). The maximum atomic E-state index is 12.0. The Morgan fingerprint density at radius 1 is 0.660 bits per heavy atom. The Morgan fingerprint density at radius 2 is 1.19 bits per heavy atom. The van der Waals surface area contributed by atoms with E-state index in [0.29, 0.717) is 13.2 Å². The molecule has 0 aliphatic carbocycles. The summed E-state index contributed by atoms with van der Waals surface area (Å²) in [6, 6.07) is 0. The van der Waals surface area contributed by atoms with Crippen LogP contribution in [0.25, 0.3) is 0 Å². The fraction of sp³-hybridized carbons (Fsp3) is 0.884. The molecule has 0 aromatic rings. The monoisotopic (exact) mass is 753 g/mol. The molecule has 0 aromatic heterocycles. The van der Waals surface area contributed by atoms with Crippen LogP contribution in [0.5, 0.6) is 0 Å². The van der Waals surface area contributed by atoms with E-state index in [-0.39, 0.29) is 68.4 Å². The Hall–Kier alpha value is -1.37. The zero-order chi connectivity index (χ0) is 37.9. The summed E-state index contributed by atoms with van der Waals surface area (Å²) in [6.45, 7) is 4.97. The molecule has 0 spiro atoms. The van der Waals surface area contributed by atoms with Crippen LogP contribution >= 0.6 is 0 Å². The average Bonchev–Trinajstić information content (AvgIpc) is 3.92. The third-order valence-electron chi connectivity index (χ3n) is 10.8. The molecule has 10 nitrogen and oxygen atoms in total. The molecule has 10 heteroatoms. The second kappa shape index (κ2) is 29.0. The molecule has 2 fully saturated rings. The summed E-state index contributed by atoms with van der Waals surface area (Å²) >= 11 is 0. The summed E-state index contributed by atoms with van der Waals surface area (Å²) in [4.78, 5) is 12.0. The van der Waals surface area contributed by atoms with E-state index in [1.807, 2.05) is 13.0 Å². The normalized spacial score (nSPS) is 25.0. The van der Waals surface area contributed by atoms with Gasteiger partial charge in [-0.25, -0.2) is 4.79 Å². The van der Waals surface area contributed by atoms with Crippen molar-refractivity contribution in [1.82, 2.24) is 0 Å². The molecule has 3 aliphatic heterocycles. The summed E-state index contributed by atoms with van der Waals surface area (Å²) in [7, 11) is 4.99. The molecule has 308 valence electrons. The Labute approximate surface area is 322 Å². The van der Waals surface area contributed by atoms with E-state index in [9.17, 15) is 4.79 Å². The fourth-order valence-corrected chi connectivity index (χ4v) is 7.93. The first kappa shape index (κ1) is 46.0. The van der Waals surface area contributed by atoms with Crippen LogP contribution in [0.15, 0.2) is 23.8 Å². The van der Waals surface area contributed by atoms with Gasteiger partial charge in [0.2, 0.25) is 0 Å². The van der Waals surface area contributed by atoms with Crippen LogP contribution in [0, 0.1) is 0 Å². The zero-order valence-electron chi connectivity index (χ0n) is 34.1. The molecule has 0 aromatic carbocycles. The molecular formula is C43H76O10. The van der Waals surface area contributed by atoms with Crippen molar-refractivity contribution in [1.29, 1.82) is 0 Å². The largest absolute Gasteiger partial charge is 0.455 e. The van der Waals surface area contributed by atoms with Crippen molar-refractivity contribution in [2.45, 2.75) is 204 Å². The molecule has 3 heterocycles. The molecule has 3 aliphatic rings.